The quantitative estimate of drug-likeness (QED) is 0.877. The molecule has 1 aromatic heterocycles. The second-order valence-corrected chi connectivity index (χ2v) is 6.25. The van der Waals surface area contributed by atoms with Crippen LogP contribution in [0.5, 0.6) is 0 Å². The van der Waals surface area contributed by atoms with Crippen LogP contribution in [0.25, 0.3) is 0 Å². The van der Waals surface area contributed by atoms with Crippen LogP contribution < -0.4 is 5.32 Å². The first-order chi connectivity index (χ1) is 9.04. The SMILES string of the molecule is CC1CCCC(CO)(Nc2cc(C(C)C)ncn2)C1. The molecule has 1 aromatic rings. The summed E-state index contributed by atoms with van der Waals surface area (Å²) in [7, 11) is 0. The minimum Gasteiger partial charge on any atom is -0.394 e. The van der Waals surface area contributed by atoms with E-state index in [2.05, 4.69) is 36.1 Å². The molecule has 19 heavy (non-hydrogen) atoms. The number of aliphatic hydroxyl groups is 1. The largest absolute Gasteiger partial charge is 0.394 e. The van der Waals surface area contributed by atoms with E-state index in [1.807, 2.05) is 6.07 Å². The Kier molecular flexibility index (Phi) is 4.40. The molecular weight excluding hydrogens is 238 g/mol. The standard InChI is InChI=1S/C15H25N3O/c1-11(2)13-7-14(17-10-16-13)18-15(9-19)6-4-5-12(3)8-15/h7,10-12,19H,4-6,8-9H2,1-3H3,(H,16,17,18). The van der Waals surface area contributed by atoms with E-state index in [9.17, 15) is 5.11 Å². The van der Waals surface area contributed by atoms with Crippen LogP contribution in [0.2, 0.25) is 0 Å². The van der Waals surface area contributed by atoms with Crippen molar-refractivity contribution in [2.24, 2.45) is 5.92 Å². The Balaban J connectivity index is 2.15. The molecule has 1 aliphatic carbocycles. The van der Waals surface area contributed by atoms with E-state index < -0.39 is 0 Å². The van der Waals surface area contributed by atoms with Crippen molar-refractivity contribution in [3.05, 3.63) is 18.1 Å². The van der Waals surface area contributed by atoms with Gasteiger partial charge < -0.3 is 10.4 Å². The van der Waals surface area contributed by atoms with Gasteiger partial charge in [-0.3, -0.25) is 0 Å². The lowest BCUT2D eigenvalue weighted by molar-refractivity contribution is 0.149. The molecule has 0 spiro atoms. The Hall–Kier alpha value is -1.16. The first-order valence-electron chi connectivity index (χ1n) is 7.26. The zero-order chi connectivity index (χ0) is 13.9. The van der Waals surface area contributed by atoms with E-state index in [1.54, 1.807) is 6.33 Å². The van der Waals surface area contributed by atoms with Crippen molar-refractivity contribution in [3.63, 3.8) is 0 Å². The van der Waals surface area contributed by atoms with Crippen molar-refractivity contribution in [1.29, 1.82) is 0 Å². The monoisotopic (exact) mass is 263 g/mol. The summed E-state index contributed by atoms with van der Waals surface area (Å²) in [6, 6.07) is 2.00. The molecule has 2 N–H and O–H groups in total. The molecule has 0 amide bonds. The van der Waals surface area contributed by atoms with Crippen molar-refractivity contribution >= 4 is 5.82 Å². The Morgan fingerprint density at radius 3 is 2.89 bits per heavy atom. The number of nitrogens with one attached hydrogen (secondary N) is 1. The lowest BCUT2D eigenvalue weighted by atomic mass is 9.77. The fraction of sp³-hybridized carbons (Fsp3) is 0.733. The molecule has 0 saturated heterocycles. The van der Waals surface area contributed by atoms with Crippen LogP contribution in [0.1, 0.15) is 58.1 Å². The Bertz CT molecular complexity index is 422. The average Bonchev–Trinajstić information content (AvgIpc) is 2.39. The van der Waals surface area contributed by atoms with Crippen molar-refractivity contribution < 1.29 is 5.11 Å². The summed E-state index contributed by atoms with van der Waals surface area (Å²) in [6.07, 6.45) is 6.04. The summed E-state index contributed by atoms with van der Waals surface area (Å²) in [5.74, 6) is 1.88. The van der Waals surface area contributed by atoms with Gasteiger partial charge in [0.15, 0.2) is 0 Å². The molecular formula is C15H25N3O. The Labute approximate surface area is 115 Å². The predicted molar refractivity (Wildman–Crippen MR) is 77.2 cm³/mol. The summed E-state index contributed by atoms with van der Waals surface area (Å²) in [6.45, 7) is 6.66. The van der Waals surface area contributed by atoms with E-state index in [0.29, 0.717) is 11.8 Å². The van der Waals surface area contributed by atoms with Crippen LogP contribution in [0.3, 0.4) is 0 Å². The van der Waals surface area contributed by atoms with E-state index >= 15 is 0 Å². The average molecular weight is 263 g/mol. The highest BCUT2D eigenvalue weighted by molar-refractivity contribution is 5.39. The lowest BCUT2D eigenvalue weighted by Crippen LogP contribution is -2.46. The Morgan fingerprint density at radius 2 is 2.26 bits per heavy atom. The highest BCUT2D eigenvalue weighted by Gasteiger charge is 2.34. The van der Waals surface area contributed by atoms with E-state index in [1.165, 1.54) is 6.42 Å². The number of aromatic nitrogens is 2. The molecule has 2 unspecified atom stereocenters. The van der Waals surface area contributed by atoms with Gasteiger partial charge in [0.05, 0.1) is 12.1 Å². The van der Waals surface area contributed by atoms with Gasteiger partial charge in [-0.2, -0.15) is 0 Å². The van der Waals surface area contributed by atoms with Gasteiger partial charge in [0.2, 0.25) is 0 Å². The third-order valence-electron chi connectivity index (χ3n) is 4.07. The van der Waals surface area contributed by atoms with Crippen molar-refractivity contribution in [3.8, 4) is 0 Å². The predicted octanol–water partition coefficient (Wildman–Crippen LogP) is 2.95. The van der Waals surface area contributed by atoms with E-state index in [4.69, 9.17) is 0 Å². The van der Waals surface area contributed by atoms with Crippen LogP contribution in [-0.4, -0.2) is 27.2 Å². The van der Waals surface area contributed by atoms with Crippen LogP contribution in [0, 0.1) is 5.92 Å². The van der Waals surface area contributed by atoms with Crippen molar-refractivity contribution in [2.75, 3.05) is 11.9 Å². The summed E-state index contributed by atoms with van der Waals surface area (Å²) in [5, 5.41) is 13.3. The molecule has 0 aromatic carbocycles. The van der Waals surface area contributed by atoms with Gasteiger partial charge in [-0.15, -0.1) is 0 Å². The molecule has 0 bridgehead atoms. The van der Waals surface area contributed by atoms with Gasteiger partial charge in [-0.05, 0) is 24.7 Å². The summed E-state index contributed by atoms with van der Waals surface area (Å²) in [4.78, 5) is 8.58. The number of nitrogens with zero attached hydrogens (tertiary/aromatic N) is 2. The highest BCUT2D eigenvalue weighted by Crippen LogP contribution is 2.34. The number of hydrogen-bond donors (Lipinski definition) is 2. The zero-order valence-electron chi connectivity index (χ0n) is 12.2. The molecule has 0 aliphatic heterocycles. The van der Waals surface area contributed by atoms with Crippen LogP contribution in [0.15, 0.2) is 12.4 Å². The maximum atomic E-state index is 9.79. The summed E-state index contributed by atoms with van der Waals surface area (Å²) >= 11 is 0. The maximum Gasteiger partial charge on any atom is 0.130 e. The fourth-order valence-corrected chi connectivity index (χ4v) is 2.98. The first kappa shape index (κ1) is 14.3. The third kappa shape index (κ3) is 3.44. The smallest absolute Gasteiger partial charge is 0.130 e. The molecule has 4 heteroatoms. The minimum absolute atomic E-state index is 0.165. The van der Waals surface area contributed by atoms with Crippen molar-refractivity contribution in [1.82, 2.24) is 9.97 Å². The number of rotatable bonds is 4. The molecule has 0 radical (unpaired) electrons. The van der Waals surface area contributed by atoms with Crippen LogP contribution >= 0.6 is 0 Å². The maximum absolute atomic E-state index is 9.79. The van der Waals surface area contributed by atoms with Crippen molar-refractivity contribution in [2.45, 2.75) is 57.9 Å². The van der Waals surface area contributed by atoms with E-state index in [0.717, 1.165) is 30.8 Å². The van der Waals surface area contributed by atoms with Crippen LogP contribution in [0.4, 0.5) is 5.82 Å². The molecule has 2 atom stereocenters. The second kappa shape index (κ2) is 5.87. The molecule has 106 valence electrons. The van der Waals surface area contributed by atoms with Gasteiger partial charge in [-0.25, -0.2) is 9.97 Å². The lowest BCUT2D eigenvalue weighted by Gasteiger charge is -2.39. The summed E-state index contributed by atoms with van der Waals surface area (Å²) in [5.41, 5.74) is 0.828. The second-order valence-electron chi connectivity index (χ2n) is 6.25. The zero-order valence-corrected chi connectivity index (χ0v) is 12.2. The summed E-state index contributed by atoms with van der Waals surface area (Å²) < 4.78 is 0. The fourth-order valence-electron chi connectivity index (χ4n) is 2.98. The first-order valence-corrected chi connectivity index (χ1v) is 7.26. The normalized spacial score (nSPS) is 27.5. The molecule has 1 saturated carbocycles. The molecule has 2 rings (SSSR count). The van der Waals surface area contributed by atoms with Crippen LogP contribution in [-0.2, 0) is 0 Å². The molecule has 1 heterocycles. The van der Waals surface area contributed by atoms with Gasteiger partial charge in [0.1, 0.15) is 12.1 Å². The highest BCUT2D eigenvalue weighted by atomic mass is 16.3. The molecule has 4 nitrogen and oxygen atoms in total. The number of anilines is 1. The minimum atomic E-state index is -0.208. The molecule has 1 fully saturated rings. The van der Waals surface area contributed by atoms with E-state index in [-0.39, 0.29) is 12.1 Å². The Morgan fingerprint density at radius 1 is 1.47 bits per heavy atom. The van der Waals surface area contributed by atoms with Gasteiger partial charge >= 0.3 is 0 Å². The number of hydrogen-bond acceptors (Lipinski definition) is 4. The van der Waals surface area contributed by atoms with Gasteiger partial charge in [-0.1, -0.05) is 33.6 Å². The van der Waals surface area contributed by atoms with Gasteiger partial charge in [0.25, 0.3) is 0 Å². The van der Waals surface area contributed by atoms with Gasteiger partial charge in [0, 0.05) is 11.8 Å². The topological polar surface area (TPSA) is 58.0 Å². The molecule has 1 aliphatic rings. The number of aliphatic hydroxyl groups excluding tert-OH is 1. The third-order valence-corrected chi connectivity index (χ3v) is 4.07.